The van der Waals surface area contributed by atoms with Crippen molar-refractivity contribution in [1.29, 1.82) is 0 Å². The van der Waals surface area contributed by atoms with Crippen molar-refractivity contribution in [3.63, 3.8) is 0 Å². The monoisotopic (exact) mass is 177 g/mol. The molecule has 2 nitrogen and oxygen atoms in total. The predicted octanol–water partition coefficient (Wildman–Crippen LogP) is 1.48. The molecule has 0 radical (unpaired) electrons. The van der Waals surface area contributed by atoms with Crippen LogP contribution in [0.15, 0.2) is 24.3 Å². The molecule has 0 aliphatic carbocycles. The number of hydrogen-bond acceptors (Lipinski definition) is 2. The van der Waals surface area contributed by atoms with Gasteiger partial charge in [-0.3, -0.25) is 5.32 Å². The second-order valence-corrected chi connectivity index (χ2v) is 3.52. The van der Waals surface area contributed by atoms with Crippen LogP contribution in [-0.4, -0.2) is 19.4 Å². The average Bonchev–Trinajstić information content (AvgIpc) is 2.61. The summed E-state index contributed by atoms with van der Waals surface area (Å²) in [5.74, 6) is 0. The molecule has 2 heteroatoms. The van der Waals surface area contributed by atoms with Crippen molar-refractivity contribution in [3.05, 3.63) is 35.4 Å². The van der Waals surface area contributed by atoms with Gasteiger partial charge < -0.3 is 4.74 Å². The quantitative estimate of drug-likeness (QED) is 0.739. The number of nitrogens with one attached hydrogen (secondary N) is 1. The first-order valence-electron chi connectivity index (χ1n) is 4.73. The highest BCUT2D eigenvalue weighted by atomic mass is 16.5. The maximum Gasteiger partial charge on any atom is 0.0970 e. The van der Waals surface area contributed by atoms with Crippen LogP contribution in [0.2, 0.25) is 0 Å². The number of aryl methyl sites for hydroxylation is 1. The Balaban J connectivity index is 2.04. The first-order chi connectivity index (χ1) is 6.36. The lowest BCUT2D eigenvalue weighted by Gasteiger charge is -2.10. The zero-order chi connectivity index (χ0) is 9.10. The number of hydrogen-bond donors (Lipinski definition) is 1. The zero-order valence-corrected chi connectivity index (χ0v) is 7.92. The van der Waals surface area contributed by atoms with Crippen LogP contribution in [0.5, 0.6) is 0 Å². The Kier molecular flexibility index (Phi) is 2.62. The van der Waals surface area contributed by atoms with Gasteiger partial charge in [0.15, 0.2) is 0 Å². The van der Waals surface area contributed by atoms with Gasteiger partial charge in [-0.2, -0.15) is 0 Å². The average molecular weight is 177 g/mol. The molecule has 0 bridgehead atoms. The van der Waals surface area contributed by atoms with Crippen molar-refractivity contribution in [2.75, 3.05) is 13.3 Å². The standard InChI is InChI=1S/C11H15NO/c1-9-4-2-3-5-10(9)6-11-7-12-8-13-11/h2-5,11-12H,6-8H2,1H3. The fourth-order valence-corrected chi connectivity index (χ4v) is 1.67. The second-order valence-electron chi connectivity index (χ2n) is 3.52. The van der Waals surface area contributed by atoms with Crippen LogP contribution in [-0.2, 0) is 11.2 Å². The van der Waals surface area contributed by atoms with Crippen LogP contribution in [0.1, 0.15) is 11.1 Å². The summed E-state index contributed by atoms with van der Waals surface area (Å²) in [7, 11) is 0. The highest BCUT2D eigenvalue weighted by Gasteiger charge is 2.15. The van der Waals surface area contributed by atoms with Crippen molar-refractivity contribution in [2.24, 2.45) is 0 Å². The Bertz CT molecular complexity index is 279. The fourth-order valence-electron chi connectivity index (χ4n) is 1.67. The van der Waals surface area contributed by atoms with E-state index in [1.54, 1.807) is 0 Å². The second kappa shape index (κ2) is 3.90. The van der Waals surface area contributed by atoms with Gasteiger partial charge in [-0.15, -0.1) is 0 Å². The van der Waals surface area contributed by atoms with Crippen LogP contribution < -0.4 is 5.32 Å². The van der Waals surface area contributed by atoms with E-state index in [1.165, 1.54) is 11.1 Å². The summed E-state index contributed by atoms with van der Waals surface area (Å²) in [6, 6.07) is 8.49. The molecule has 1 unspecified atom stereocenters. The zero-order valence-electron chi connectivity index (χ0n) is 7.92. The van der Waals surface area contributed by atoms with Crippen molar-refractivity contribution < 1.29 is 4.74 Å². The van der Waals surface area contributed by atoms with E-state index in [-0.39, 0.29) is 0 Å². The van der Waals surface area contributed by atoms with E-state index in [4.69, 9.17) is 4.74 Å². The highest BCUT2D eigenvalue weighted by Crippen LogP contribution is 2.12. The van der Waals surface area contributed by atoms with Crippen molar-refractivity contribution in [2.45, 2.75) is 19.4 Å². The SMILES string of the molecule is Cc1ccccc1CC1CNCO1. The summed E-state index contributed by atoms with van der Waals surface area (Å²) in [6.07, 6.45) is 1.39. The van der Waals surface area contributed by atoms with Crippen LogP contribution >= 0.6 is 0 Å². The van der Waals surface area contributed by atoms with Crippen molar-refractivity contribution >= 4 is 0 Å². The molecule has 1 atom stereocenters. The summed E-state index contributed by atoms with van der Waals surface area (Å²) in [5.41, 5.74) is 2.76. The van der Waals surface area contributed by atoms with Gasteiger partial charge in [0.05, 0.1) is 12.8 Å². The van der Waals surface area contributed by atoms with Crippen LogP contribution in [0, 0.1) is 6.92 Å². The lowest BCUT2D eigenvalue weighted by Crippen LogP contribution is -2.16. The van der Waals surface area contributed by atoms with Gasteiger partial charge in [0, 0.05) is 13.0 Å². The largest absolute Gasteiger partial charge is 0.361 e. The molecule has 1 aliphatic heterocycles. The van der Waals surface area contributed by atoms with E-state index in [9.17, 15) is 0 Å². The van der Waals surface area contributed by atoms with E-state index in [1.807, 2.05) is 0 Å². The molecule has 0 saturated carbocycles. The van der Waals surface area contributed by atoms with Crippen LogP contribution in [0.4, 0.5) is 0 Å². The van der Waals surface area contributed by atoms with Crippen LogP contribution in [0.25, 0.3) is 0 Å². The minimum Gasteiger partial charge on any atom is -0.361 e. The van der Waals surface area contributed by atoms with Gasteiger partial charge in [0.1, 0.15) is 0 Å². The lowest BCUT2D eigenvalue weighted by atomic mass is 10.0. The smallest absolute Gasteiger partial charge is 0.0970 e. The summed E-state index contributed by atoms with van der Waals surface area (Å²) >= 11 is 0. The molecular formula is C11H15NO. The third-order valence-corrected chi connectivity index (χ3v) is 2.50. The maximum absolute atomic E-state index is 5.50. The van der Waals surface area contributed by atoms with Gasteiger partial charge >= 0.3 is 0 Å². The summed E-state index contributed by atoms with van der Waals surface area (Å²) in [6.45, 7) is 3.84. The molecule has 1 N–H and O–H groups in total. The lowest BCUT2D eigenvalue weighted by molar-refractivity contribution is 0.113. The van der Waals surface area contributed by atoms with E-state index < -0.39 is 0 Å². The minimum absolute atomic E-state index is 0.362. The Hall–Kier alpha value is -0.860. The van der Waals surface area contributed by atoms with Crippen molar-refractivity contribution in [3.8, 4) is 0 Å². The molecule has 0 spiro atoms. The van der Waals surface area contributed by atoms with Gasteiger partial charge in [0.2, 0.25) is 0 Å². The van der Waals surface area contributed by atoms with Crippen molar-refractivity contribution in [1.82, 2.24) is 5.32 Å². The molecule has 1 aromatic carbocycles. The molecule has 1 saturated heterocycles. The predicted molar refractivity (Wildman–Crippen MR) is 52.6 cm³/mol. The molecule has 1 aliphatic rings. The number of rotatable bonds is 2. The summed E-state index contributed by atoms with van der Waals surface area (Å²) in [4.78, 5) is 0. The number of ether oxygens (including phenoxy) is 1. The minimum atomic E-state index is 0.362. The molecule has 1 heterocycles. The molecular weight excluding hydrogens is 162 g/mol. The molecule has 1 aromatic rings. The fraction of sp³-hybridized carbons (Fsp3) is 0.455. The summed E-state index contributed by atoms with van der Waals surface area (Å²) < 4.78 is 5.50. The van der Waals surface area contributed by atoms with Gasteiger partial charge in [0.25, 0.3) is 0 Å². The normalized spacial score (nSPS) is 22.1. The molecule has 13 heavy (non-hydrogen) atoms. The Morgan fingerprint density at radius 1 is 1.46 bits per heavy atom. The Morgan fingerprint density at radius 3 is 3.00 bits per heavy atom. The first kappa shape index (κ1) is 8.73. The third-order valence-electron chi connectivity index (χ3n) is 2.50. The maximum atomic E-state index is 5.50. The van der Waals surface area contributed by atoms with E-state index in [0.717, 1.165) is 13.0 Å². The van der Waals surface area contributed by atoms with Gasteiger partial charge in [-0.25, -0.2) is 0 Å². The van der Waals surface area contributed by atoms with Gasteiger partial charge in [-0.1, -0.05) is 24.3 Å². The molecule has 0 aromatic heterocycles. The number of benzene rings is 1. The molecule has 2 rings (SSSR count). The first-order valence-corrected chi connectivity index (χ1v) is 4.73. The van der Waals surface area contributed by atoms with Gasteiger partial charge in [-0.05, 0) is 18.1 Å². The highest BCUT2D eigenvalue weighted by molar-refractivity contribution is 5.26. The molecule has 70 valence electrons. The topological polar surface area (TPSA) is 21.3 Å². The third kappa shape index (κ3) is 2.08. The van der Waals surface area contributed by atoms with E-state index in [2.05, 4.69) is 36.5 Å². The molecule has 0 amide bonds. The Labute approximate surface area is 78.9 Å². The molecule has 1 fully saturated rings. The van der Waals surface area contributed by atoms with Crippen LogP contribution in [0.3, 0.4) is 0 Å². The van der Waals surface area contributed by atoms with E-state index in [0.29, 0.717) is 12.8 Å². The van der Waals surface area contributed by atoms with E-state index >= 15 is 0 Å². The Morgan fingerprint density at radius 2 is 2.31 bits per heavy atom. The summed E-state index contributed by atoms with van der Waals surface area (Å²) in [5, 5.41) is 3.19.